The predicted molar refractivity (Wildman–Crippen MR) is 132 cm³/mol. The fraction of sp³-hybridized carbons (Fsp3) is 0. The standard InChI is InChI=1S/6C4H4O4.4H2O.4O.6Zr/c6*5-3(6)1-2-4(7)8;;;;;;;;;;;;;;/h6*1-2H,(H,5,6)(H,7,8);4*1H2;;;;;;;;;;/q;;;;;;;;;;4*-2;6*+4/p-12/b2-1+;4*2-1-;;;;;;;;;;;;;;;. The minimum atomic E-state index is -1.55. The molecule has 0 aromatic carbocycles. The maximum absolute atomic E-state index is 9.41. The molecule has 0 saturated heterocycles. The zero-order valence-corrected chi connectivity index (χ0v) is 44.1. The molecular weight excluding hydrogens is 1350 g/mol. The van der Waals surface area contributed by atoms with Gasteiger partial charge in [-0.25, -0.2) is 0 Å². The van der Waals surface area contributed by atoms with E-state index in [4.69, 9.17) is 0 Å². The normalized spacial score (nSPS) is 7.35. The molecule has 0 saturated carbocycles. The number of hydrogen-bond acceptors (Lipinski definition) is 24. The molecule has 0 spiro atoms. The average molecular weight is 1370 g/mol. The summed E-state index contributed by atoms with van der Waals surface area (Å²) < 4.78 is 0. The molecule has 0 aliphatic rings. The molecule has 62 heavy (non-hydrogen) atoms. The molecule has 0 bridgehead atoms. The molecular formula is C24H20O32Zr6+4. The maximum Gasteiger partial charge on any atom is 4.00 e. The molecule has 0 radical (unpaired) electrons. The van der Waals surface area contributed by atoms with Gasteiger partial charge in [0.15, 0.2) is 0 Å². The van der Waals surface area contributed by atoms with Crippen molar-refractivity contribution >= 4 is 71.6 Å². The summed E-state index contributed by atoms with van der Waals surface area (Å²) in [5, 5.41) is 113. The Hall–Kier alpha value is -2.94. The van der Waals surface area contributed by atoms with Gasteiger partial charge in [-0.15, -0.1) is 0 Å². The van der Waals surface area contributed by atoms with E-state index in [9.17, 15) is 119 Å². The molecule has 0 heterocycles. The van der Waals surface area contributed by atoms with E-state index in [0.717, 1.165) is 0 Å². The minimum Gasteiger partial charge on any atom is -2.00 e. The van der Waals surface area contributed by atoms with Crippen LogP contribution in [-0.4, -0.2) is 93.5 Å². The van der Waals surface area contributed by atoms with Crippen molar-refractivity contribution in [3.8, 4) is 0 Å². The monoisotopic (exact) mass is 1360 g/mol. The van der Waals surface area contributed by atoms with Gasteiger partial charge < -0.3 is 163 Å². The van der Waals surface area contributed by atoms with Gasteiger partial charge in [0.25, 0.3) is 0 Å². The van der Waals surface area contributed by atoms with Crippen LogP contribution in [0.25, 0.3) is 0 Å². The summed E-state index contributed by atoms with van der Waals surface area (Å²) in [5.74, 6) is -18.6. The molecule has 38 heteroatoms. The summed E-state index contributed by atoms with van der Waals surface area (Å²) in [7, 11) is 0. The Morgan fingerprint density at radius 2 is 0.210 bits per heavy atom. The van der Waals surface area contributed by atoms with Gasteiger partial charge in [-0.05, 0) is 72.9 Å². The Morgan fingerprint density at radius 3 is 0.226 bits per heavy atom. The number of carboxylic acid groups (broad SMARTS) is 12. The van der Waals surface area contributed by atoms with Gasteiger partial charge in [0.05, 0.1) is 71.6 Å². The van der Waals surface area contributed by atoms with Crippen LogP contribution in [0.4, 0.5) is 0 Å². The number of carbonyl (C=O) groups is 12. The van der Waals surface area contributed by atoms with Gasteiger partial charge in [0.2, 0.25) is 0 Å². The first-order valence-electron chi connectivity index (χ1n) is 10.4. The first-order valence-corrected chi connectivity index (χ1v) is 10.4. The van der Waals surface area contributed by atoms with E-state index in [2.05, 4.69) is 0 Å². The third kappa shape index (κ3) is 245. The van der Waals surface area contributed by atoms with Gasteiger partial charge in [0, 0.05) is 0 Å². The zero-order valence-electron chi connectivity index (χ0n) is 29.4. The molecule has 8 N–H and O–H groups in total. The maximum atomic E-state index is 9.41. The van der Waals surface area contributed by atoms with Crippen molar-refractivity contribution in [2.75, 3.05) is 0 Å². The van der Waals surface area contributed by atoms with E-state index in [0.29, 0.717) is 72.9 Å². The number of rotatable bonds is 12. The molecule has 0 atom stereocenters. The van der Waals surface area contributed by atoms with Gasteiger partial charge >= 0.3 is 157 Å². The molecule has 0 unspecified atom stereocenters. The third-order valence-electron chi connectivity index (χ3n) is 2.13. The van der Waals surface area contributed by atoms with Gasteiger partial charge in [0.1, 0.15) is 0 Å². The minimum absolute atomic E-state index is 0. The van der Waals surface area contributed by atoms with Crippen LogP contribution in [0.5, 0.6) is 0 Å². The van der Waals surface area contributed by atoms with Gasteiger partial charge in [-0.1, -0.05) is 0 Å². The molecule has 328 valence electrons. The van der Waals surface area contributed by atoms with Gasteiger partial charge in [-0.3, -0.25) is 0 Å². The second-order valence-electron chi connectivity index (χ2n) is 5.83. The van der Waals surface area contributed by atoms with Crippen LogP contribution in [0.2, 0.25) is 0 Å². The number of carboxylic acids is 12. The molecule has 0 aliphatic carbocycles. The fourth-order valence-electron chi connectivity index (χ4n) is 0.816. The summed E-state index contributed by atoms with van der Waals surface area (Å²) in [4.78, 5) is 113. The number of hydrogen-bond donors (Lipinski definition) is 0. The van der Waals surface area contributed by atoms with E-state index >= 15 is 0 Å². The van der Waals surface area contributed by atoms with Crippen LogP contribution in [0, 0.1) is 0 Å². The second kappa shape index (κ2) is 93.1. The van der Waals surface area contributed by atoms with Crippen LogP contribution in [-0.2, 0) is 237 Å². The molecule has 0 amide bonds. The Labute approximate surface area is 459 Å². The van der Waals surface area contributed by atoms with Crippen LogP contribution >= 0.6 is 0 Å². The third-order valence-corrected chi connectivity index (χ3v) is 2.13. The summed E-state index contributed by atoms with van der Waals surface area (Å²) in [5.41, 5.74) is 0. The van der Waals surface area contributed by atoms with Crippen molar-refractivity contribution in [1.82, 2.24) is 0 Å². The van der Waals surface area contributed by atoms with Crippen molar-refractivity contribution in [1.29, 1.82) is 0 Å². The van der Waals surface area contributed by atoms with Crippen molar-refractivity contribution < 1.29 is 320 Å². The summed E-state index contributed by atoms with van der Waals surface area (Å²) in [6.07, 6.45) is 4.61. The molecule has 0 aromatic rings. The van der Waals surface area contributed by atoms with E-state index < -0.39 is 71.6 Å². The quantitative estimate of drug-likeness (QED) is 0.164. The predicted octanol–water partition coefficient (Wildman–Crippen LogP) is -21.5. The second-order valence-corrected chi connectivity index (χ2v) is 5.83. The smallest absolute Gasteiger partial charge is 2.00 e. The average Bonchev–Trinajstić information content (AvgIpc) is 2.92. The largest absolute Gasteiger partial charge is 4.00 e. The Bertz CT molecular complexity index is 1010. The topological polar surface area (TPSA) is 722 Å². The number of aliphatic carboxylic acids is 12. The van der Waals surface area contributed by atoms with Crippen LogP contribution < -0.4 is 61.3 Å². The van der Waals surface area contributed by atoms with E-state index in [1.54, 1.807) is 0 Å². The molecule has 32 nitrogen and oxygen atoms in total. The van der Waals surface area contributed by atoms with Crippen molar-refractivity contribution in [3.05, 3.63) is 72.9 Å². The van der Waals surface area contributed by atoms with Crippen molar-refractivity contribution in [2.45, 2.75) is 0 Å². The first kappa shape index (κ1) is 130. The van der Waals surface area contributed by atoms with E-state index in [-0.39, 0.29) is 201 Å². The van der Waals surface area contributed by atoms with Crippen LogP contribution in [0.15, 0.2) is 72.9 Å². The molecule has 0 rings (SSSR count). The summed E-state index contributed by atoms with van der Waals surface area (Å²) >= 11 is 0. The fourth-order valence-corrected chi connectivity index (χ4v) is 0.816. The van der Waals surface area contributed by atoms with E-state index in [1.165, 1.54) is 0 Å². The SMILES string of the molecule is O.O.O.O.O=C([O-])/C=C/C(=O)[O-].O=C([O-])/C=C\C(=O)[O-].O=C([O-])/C=C\C(=O)[O-].O=C([O-])/C=C\C(=O)[O-].O=C([O-])/C=C\C(=O)[O-].O=C([O-])C=CC(=O)[O-].[O-2].[O-2].[O-2].[O-2].[Zr+4].[Zr+4].[Zr+4].[Zr+4].[Zr+4].[Zr+4]. The molecule has 0 aliphatic heterocycles. The summed E-state index contributed by atoms with van der Waals surface area (Å²) in [6, 6.07) is 0. The zero-order chi connectivity index (χ0) is 39.4. The number of carbonyl (C=O) groups excluding carboxylic acids is 12. The Kier molecular flexibility index (Phi) is 196. The van der Waals surface area contributed by atoms with E-state index in [1.807, 2.05) is 0 Å². The Balaban J connectivity index is -0.0000000181. The van der Waals surface area contributed by atoms with Crippen molar-refractivity contribution in [2.24, 2.45) is 0 Å². The van der Waals surface area contributed by atoms with Crippen molar-refractivity contribution in [3.63, 3.8) is 0 Å². The summed E-state index contributed by atoms with van der Waals surface area (Å²) in [6.45, 7) is 0. The first-order chi connectivity index (χ1) is 21.8. The van der Waals surface area contributed by atoms with Crippen LogP contribution in [0.1, 0.15) is 0 Å². The van der Waals surface area contributed by atoms with Crippen LogP contribution in [0.3, 0.4) is 0 Å². The molecule has 0 aromatic heterocycles. The molecule has 0 fully saturated rings. The Morgan fingerprint density at radius 1 is 0.177 bits per heavy atom. The van der Waals surface area contributed by atoms with Gasteiger partial charge in [-0.2, -0.15) is 0 Å².